The molecule has 0 saturated heterocycles. The first-order valence-electron chi connectivity index (χ1n) is 6.54. The zero-order valence-electron chi connectivity index (χ0n) is 11.5. The number of methoxy groups -OCH3 is 1. The number of carbonyl (C=O) groups is 1. The average Bonchev–Trinajstić information content (AvgIpc) is 2.87. The summed E-state index contributed by atoms with van der Waals surface area (Å²) in [6, 6.07) is 15.4. The van der Waals surface area contributed by atoms with E-state index in [0.717, 1.165) is 26.1 Å². The van der Waals surface area contributed by atoms with Gasteiger partial charge in [0.25, 0.3) is 0 Å². The lowest BCUT2D eigenvalue weighted by Crippen LogP contribution is -1.98. The third kappa shape index (κ3) is 2.44. The van der Waals surface area contributed by atoms with Gasteiger partial charge in [-0.1, -0.05) is 42.5 Å². The zero-order chi connectivity index (χ0) is 14.8. The number of fused-ring (bicyclic) bond motifs is 1. The van der Waals surface area contributed by atoms with Crippen LogP contribution in [-0.2, 0) is 11.3 Å². The standard InChI is InChI=1S/C17H14O3S/c1-20-10-11-6-2-3-7-12(11)16-15(17(18)19)13-8-4-5-9-14(13)21-16/h2-9H,10H2,1H3,(H,18,19). The largest absolute Gasteiger partial charge is 0.478 e. The van der Waals surface area contributed by atoms with Gasteiger partial charge in [0.05, 0.1) is 17.0 Å². The van der Waals surface area contributed by atoms with Gasteiger partial charge < -0.3 is 9.84 Å². The fourth-order valence-electron chi connectivity index (χ4n) is 2.47. The number of benzene rings is 2. The molecule has 0 saturated carbocycles. The van der Waals surface area contributed by atoms with Crippen molar-refractivity contribution in [1.82, 2.24) is 0 Å². The van der Waals surface area contributed by atoms with Gasteiger partial charge in [-0.2, -0.15) is 0 Å². The van der Waals surface area contributed by atoms with Gasteiger partial charge >= 0.3 is 5.97 Å². The maximum absolute atomic E-state index is 11.7. The minimum atomic E-state index is -0.894. The number of thiophene rings is 1. The number of hydrogen-bond donors (Lipinski definition) is 1. The highest BCUT2D eigenvalue weighted by atomic mass is 32.1. The summed E-state index contributed by atoms with van der Waals surface area (Å²) in [5.74, 6) is -0.894. The van der Waals surface area contributed by atoms with Crippen molar-refractivity contribution in [1.29, 1.82) is 0 Å². The fourth-order valence-corrected chi connectivity index (χ4v) is 3.73. The normalized spacial score (nSPS) is 10.9. The van der Waals surface area contributed by atoms with Gasteiger partial charge in [0.15, 0.2) is 0 Å². The molecule has 0 unspecified atom stereocenters. The Bertz CT molecular complexity index is 805. The summed E-state index contributed by atoms with van der Waals surface area (Å²) >= 11 is 1.51. The Hall–Kier alpha value is -2.17. The first kappa shape index (κ1) is 13.8. The second-order valence-corrected chi connectivity index (χ2v) is 5.75. The van der Waals surface area contributed by atoms with Crippen LogP contribution < -0.4 is 0 Å². The number of ether oxygens (including phenoxy) is 1. The van der Waals surface area contributed by atoms with Crippen LogP contribution in [0.1, 0.15) is 15.9 Å². The molecule has 0 radical (unpaired) electrons. The van der Waals surface area contributed by atoms with E-state index in [2.05, 4.69) is 0 Å². The molecule has 3 rings (SSSR count). The Morgan fingerprint density at radius 1 is 1.14 bits per heavy atom. The average molecular weight is 298 g/mol. The van der Waals surface area contributed by atoms with Crippen molar-refractivity contribution in [2.24, 2.45) is 0 Å². The minimum Gasteiger partial charge on any atom is -0.478 e. The van der Waals surface area contributed by atoms with E-state index in [-0.39, 0.29) is 0 Å². The van der Waals surface area contributed by atoms with Crippen molar-refractivity contribution >= 4 is 27.4 Å². The van der Waals surface area contributed by atoms with E-state index in [0.29, 0.717) is 12.2 Å². The van der Waals surface area contributed by atoms with E-state index >= 15 is 0 Å². The van der Waals surface area contributed by atoms with Crippen LogP contribution in [0.4, 0.5) is 0 Å². The Morgan fingerprint density at radius 2 is 1.86 bits per heavy atom. The first-order chi connectivity index (χ1) is 10.2. The van der Waals surface area contributed by atoms with Gasteiger partial charge in [-0.05, 0) is 17.2 Å². The number of carboxylic acid groups (broad SMARTS) is 1. The van der Waals surface area contributed by atoms with E-state index in [9.17, 15) is 9.90 Å². The molecule has 3 nitrogen and oxygen atoms in total. The van der Waals surface area contributed by atoms with Gasteiger partial charge in [0, 0.05) is 17.2 Å². The summed E-state index contributed by atoms with van der Waals surface area (Å²) in [5.41, 5.74) is 2.30. The number of carboxylic acids is 1. The van der Waals surface area contributed by atoms with Crippen LogP contribution >= 0.6 is 11.3 Å². The SMILES string of the molecule is COCc1ccccc1-c1sc2ccccc2c1C(=O)O. The van der Waals surface area contributed by atoms with Crippen molar-refractivity contribution in [3.63, 3.8) is 0 Å². The molecule has 106 valence electrons. The van der Waals surface area contributed by atoms with Gasteiger partial charge in [-0.25, -0.2) is 4.79 Å². The lowest BCUT2D eigenvalue weighted by atomic mass is 10.0. The molecule has 1 N–H and O–H groups in total. The fraction of sp³-hybridized carbons (Fsp3) is 0.118. The maximum Gasteiger partial charge on any atom is 0.337 e. The second-order valence-electron chi connectivity index (χ2n) is 4.70. The van der Waals surface area contributed by atoms with Crippen LogP contribution in [-0.4, -0.2) is 18.2 Å². The smallest absolute Gasteiger partial charge is 0.337 e. The molecule has 0 amide bonds. The second kappa shape index (κ2) is 5.68. The maximum atomic E-state index is 11.7. The number of hydrogen-bond acceptors (Lipinski definition) is 3. The highest BCUT2D eigenvalue weighted by Crippen LogP contribution is 2.40. The molecule has 1 heterocycles. The molecule has 3 aromatic rings. The van der Waals surface area contributed by atoms with Crippen LogP contribution in [0.2, 0.25) is 0 Å². The molecular weight excluding hydrogens is 284 g/mol. The van der Waals surface area contributed by atoms with Crippen LogP contribution in [0.5, 0.6) is 0 Å². The monoisotopic (exact) mass is 298 g/mol. The van der Waals surface area contributed by atoms with Crippen molar-refractivity contribution in [2.45, 2.75) is 6.61 Å². The molecule has 0 atom stereocenters. The van der Waals surface area contributed by atoms with E-state index in [1.807, 2.05) is 48.5 Å². The van der Waals surface area contributed by atoms with Crippen LogP contribution in [0.3, 0.4) is 0 Å². The summed E-state index contributed by atoms with van der Waals surface area (Å²) in [6.07, 6.45) is 0. The summed E-state index contributed by atoms with van der Waals surface area (Å²) in [5, 5.41) is 10.4. The zero-order valence-corrected chi connectivity index (χ0v) is 12.3. The Morgan fingerprint density at radius 3 is 2.62 bits per heavy atom. The number of rotatable bonds is 4. The molecular formula is C17H14O3S. The molecule has 21 heavy (non-hydrogen) atoms. The minimum absolute atomic E-state index is 0.374. The predicted molar refractivity (Wildman–Crippen MR) is 84.9 cm³/mol. The van der Waals surface area contributed by atoms with E-state index in [1.165, 1.54) is 11.3 Å². The van der Waals surface area contributed by atoms with Crippen LogP contribution in [0, 0.1) is 0 Å². The molecule has 0 fully saturated rings. The van der Waals surface area contributed by atoms with Gasteiger partial charge in [0.1, 0.15) is 0 Å². The van der Waals surface area contributed by atoms with Crippen molar-refractivity contribution in [3.05, 3.63) is 59.7 Å². The Kier molecular flexibility index (Phi) is 3.73. The summed E-state index contributed by atoms with van der Waals surface area (Å²) in [4.78, 5) is 12.5. The number of aromatic carboxylic acids is 1. The van der Waals surface area contributed by atoms with E-state index in [4.69, 9.17) is 4.74 Å². The summed E-state index contributed by atoms with van der Waals surface area (Å²) in [7, 11) is 1.64. The van der Waals surface area contributed by atoms with Crippen molar-refractivity contribution < 1.29 is 14.6 Å². The lowest BCUT2D eigenvalue weighted by molar-refractivity contribution is 0.0700. The van der Waals surface area contributed by atoms with Gasteiger partial charge in [0.2, 0.25) is 0 Å². The summed E-state index contributed by atoms with van der Waals surface area (Å²) in [6.45, 7) is 0.462. The topological polar surface area (TPSA) is 46.5 Å². The molecule has 0 bridgehead atoms. The van der Waals surface area contributed by atoms with E-state index < -0.39 is 5.97 Å². The van der Waals surface area contributed by atoms with Crippen molar-refractivity contribution in [2.75, 3.05) is 7.11 Å². The molecule has 1 aromatic heterocycles. The highest BCUT2D eigenvalue weighted by Gasteiger charge is 2.20. The van der Waals surface area contributed by atoms with Crippen LogP contribution in [0.15, 0.2) is 48.5 Å². The molecule has 0 aliphatic carbocycles. The lowest BCUT2D eigenvalue weighted by Gasteiger charge is -2.08. The van der Waals surface area contributed by atoms with Crippen LogP contribution in [0.25, 0.3) is 20.5 Å². The van der Waals surface area contributed by atoms with Gasteiger partial charge in [-0.15, -0.1) is 11.3 Å². The quantitative estimate of drug-likeness (QED) is 0.776. The molecule has 2 aromatic carbocycles. The molecule has 0 aliphatic heterocycles. The Labute approximate surface area is 126 Å². The third-order valence-electron chi connectivity index (χ3n) is 3.37. The summed E-state index contributed by atoms with van der Waals surface area (Å²) < 4.78 is 6.21. The Balaban J connectivity index is 2.30. The van der Waals surface area contributed by atoms with Crippen molar-refractivity contribution in [3.8, 4) is 10.4 Å². The van der Waals surface area contributed by atoms with Gasteiger partial charge in [-0.3, -0.25) is 0 Å². The first-order valence-corrected chi connectivity index (χ1v) is 7.36. The highest BCUT2D eigenvalue weighted by molar-refractivity contribution is 7.22. The predicted octanol–water partition coefficient (Wildman–Crippen LogP) is 4.41. The molecule has 0 spiro atoms. The molecule has 0 aliphatic rings. The van der Waals surface area contributed by atoms with E-state index in [1.54, 1.807) is 7.11 Å². The third-order valence-corrected chi connectivity index (χ3v) is 4.58. The molecule has 4 heteroatoms.